The Balaban J connectivity index is 1.35. The van der Waals surface area contributed by atoms with Crippen molar-refractivity contribution in [1.29, 1.82) is 0 Å². The van der Waals surface area contributed by atoms with Gasteiger partial charge in [-0.25, -0.2) is 15.0 Å². The second kappa shape index (κ2) is 7.95. The molecule has 1 aliphatic heterocycles. The van der Waals surface area contributed by atoms with Crippen molar-refractivity contribution in [3.05, 3.63) is 48.3 Å². The van der Waals surface area contributed by atoms with Crippen LogP contribution in [0.25, 0.3) is 0 Å². The van der Waals surface area contributed by atoms with E-state index in [1.54, 1.807) is 30.6 Å². The number of halogens is 2. The predicted octanol–water partition coefficient (Wildman–Crippen LogP) is 2.07. The molecule has 7 nitrogen and oxygen atoms in total. The van der Waals surface area contributed by atoms with Crippen LogP contribution in [0.2, 0.25) is 0 Å². The van der Waals surface area contributed by atoms with Crippen LogP contribution in [0.4, 0.5) is 14.7 Å². The number of piperazine rings is 1. The summed E-state index contributed by atoms with van der Waals surface area (Å²) in [4.78, 5) is 17.3. The Bertz CT molecular complexity index is 826. The van der Waals surface area contributed by atoms with Crippen molar-refractivity contribution in [2.75, 3.05) is 31.1 Å². The molecule has 1 aromatic carbocycles. The molecule has 2 fully saturated rings. The third-order valence-electron chi connectivity index (χ3n) is 5.03. The molecule has 1 saturated carbocycles. The number of hydrogen-bond donors (Lipinski definition) is 1. The first-order valence-corrected chi connectivity index (χ1v) is 9.26. The molecule has 0 amide bonds. The van der Waals surface area contributed by atoms with Gasteiger partial charge in [-0.2, -0.15) is 8.78 Å². The second-order valence-electron chi connectivity index (χ2n) is 6.84. The minimum atomic E-state index is -2.84. The number of aliphatic imine (C=N–C) groups is 1. The molecule has 28 heavy (non-hydrogen) atoms. The molecule has 0 radical (unpaired) electrons. The van der Waals surface area contributed by atoms with E-state index in [2.05, 4.69) is 24.6 Å². The smallest absolute Gasteiger partial charge is 0.387 e. The summed E-state index contributed by atoms with van der Waals surface area (Å²) < 4.78 is 29.8. The van der Waals surface area contributed by atoms with Crippen molar-refractivity contribution >= 4 is 11.9 Å². The first kappa shape index (κ1) is 18.4. The van der Waals surface area contributed by atoms with E-state index in [1.165, 1.54) is 0 Å². The maximum absolute atomic E-state index is 12.6. The maximum Gasteiger partial charge on any atom is 0.387 e. The van der Waals surface area contributed by atoms with E-state index in [0.29, 0.717) is 5.96 Å². The molecule has 1 saturated heterocycles. The van der Waals surface area contributed by atoms with Gasteiger partial charge in [0.2, 0.25) is 5.95 Å². The monoisotopic (exact) mass is 388 g/mol. The zero-order valence-corrected chi connectivity index (χ0v) is 15.3. The lowest BCUT2D eigenvalue weighted by atomic mass is 10.1. The number of ether oxygens (including phenoxy) is 1. The normalized spacial score (nSPS) is 22.5. The number of rotatable bonds is 5. The van der Waals surface area contributed by atoms with Crippen LogP contribution in [-0.4, -0.2) is 59.7 Å². The highest BCUT2D eigenvalue weighted by Gasteiger charge is 2.41. The van der Waals surface area contributed by atoms with Crippen LogP contribution in [0, 0.1) is 0 Å². The minimum absolute atomic E-state index is 0.00194. The standard InChI is InChI=1S/C19H22F2N6O/c20-17(21)28-16-5-2-1-4-13(16)14-12-15(14)25-18(22)26-8-10-27(11-9-26)19-23-6-3-7-24-19/h1-7,14-15,17H,8-12H2,(H2,22,25)/t14-,15+/m1/s1. The molecule has 148 valence electrons. The van der Waals surface area contributed by atoms with Crippen LogP contribution in [0.3, 0.4) is 0 Å². The van der Waals surface area contributed by atoms with Crippen LogP contribution in [-0.2, 0) is 0 Å². The van der Waals surface area contributed by atoms with E-state index in [-0.39, 0.29) is 17.7 Å². The number of guanidine groups is 1. The SMILES string of the molecule is NC(=N[C@H]1C[C@@H]1c1ccccc1OC(F)F)N1CCN(c2ncccn2)CC1. The van der Waals surface area contributed by atoms with Crippen molar-refractivity contribution in [2.24, 2.45) is 10.7 Å². The van der Waals surface area contributed by atoms with Crippen molar-refractivity contribution < 1.29 is 13.5 Å². The average molecular weight is 388 g/mol. The highest BCUT2D eigenvalue weighted by molar-refractivity contribution is 5.79. The molecular formula is C19H22F2N6O. The number of nitrogens with two attached hydrogens (primary N) is 1. The zero-order valence-electron chi connectivity index (χ0n) is 15.3. The van der Waals surface area contributed by atoms with Gasteiger partial charge < -0.3 is 20.3 Å². The summed E-state index contributed by atoms with van der Waals surface area (Å²) in [5, 5.41) is 0. The van der Waals surface area contributed by atoms with Crippen LogP contribution in [0.15, 0.2) is 47.7 Å². The fourth-order valence-electron chi connectivity index (χ4n) is 3.49. The van der Waals surface area contributed by atoms with Crippen LogP contribution in [0.5, 0.6) is 5.75 Å². The lowest BCUT2D eigenvalue weighted by molar-refractivity contribution is -0.0504. The average Bonchev–Trinajstić information content (AvgIpc) is 3.47. The first-order valence-electron chi connectivity index (χ1n) is 9.26. The van der Waals surface area contributed by atoms with Crippen molar-refractivity contribution in [3.8, 4) is 5.75 Å². The number of nitrogens with zero attached hydrogens (tertiary/aromatic N) is 5. The van der Waals surface area contributed by atoms with Gasteiger partial charge in [-0.15, -0.1) is 0 Å². The molecule has 1 aliphatic carbocycles. The zero-order chi connectivity index (χ0) is 19.5. The van der Waals surface area contributed by atoms with Crippen molar-refractivity contribution in [3.63, 3.8) is 0 Å². The third kappa shape index (κ3) is 4.13. The van der Waals surface area contributed by atoms with E-state index < -0.39 is 6.61 Å². The highest BCUT2D eigenvalue weighted by Crippen LogP contribution is 2.47. The van der Waals surface area contributed by atoms with Gasteiger partial charge in [-0.3, -0.25) is 0 Å². The summed E-state index contributed by atoms with van der Waals surface area (Å²) >= 11 is 0. The van der Waals surface area contributed by atoms with Gasteiger partial charge >= 0.3 is 6.61 Å². The molecule has 0 spiro atoms. The Hall–Kier alpha value is -2.97. The van der Waals surface area contributed by atoms with Crippen LogP contribution < -0.4 is 15.4 Å². The number of para-hydroxylation sites is 1. The number of hydrogen-bond acceptors (Lipinski definition) is 5. The van der Waals surface area contributed by atoms with E-state index >= 15 is 0 Å². The summed E-state index contributed by atoms with van der Waals surface area (Å²) in [5.74, 6) is 1.49. The van der Waals surface area contributed by atoms with Crippen molar-refractivity contribution in [1.82, 2.24) is 14.9 Å². The van der Waals surface area contributed by atoms with E-state index in [9.17, 15) is 8.78 Å². The molecule has 2 atom stereocenters. The Morgan fingerprint density at radius 1 is 1.11 bits per heavy atom. The first-order chi connectivity index (χ1) is 13.6. The summed E-state index contributed by atoms with van der Waals surface area (Å²) in [6, 6.07) is 8.67. The summed E-state index contributed by atoms with van der Waals surface area (Å²) in [6.07, 6.45) is 4.24. The van der Waals surface area contributed by atoms with Gasteiger partial charge in [0.05, 0.1) is 6.04 Å². The molecule has 2 aromatic rings. The predicted molar refractivity (Wildman–Crippen MR) is 102 cm³/mol. The molecule has 9 heteroatoms. The number of anilines is 1. The van der Waals surface area contributed by atoms with Gasteiger partial charge in [0.15, 0.2) is 5.96 Å². The van der Waals surface area contributed by atoms with E-state index in [0.717, 1.165) is 44.1 Å². The fraction of sp³-hybridized carbons (Fsp3) is 0.421. The van der Waals surface area contributed by atoms with Gasteiger partial charge in [-0.1, -0.05) is 18.2 Å². The second-order valence-corrected chi connectivity index (χ2v) is 6.84. The molecule has 0 unspecified atom stereocenters. The summed E-state index contributed by atoms with van der Waals surface area (Å²) in [5.41, 5.74) is 6.97. The van der Waals surface area contributed by atoms with Gasteiger partial charge in [0.25, 0.3) is 0 Å². The third-order valence-corrected chi connectivity index (χ3v) is 5.03. The largest absolute Gasteiger partial charge is 0.435 e. The van der Waals surface area contributed by atoms with Crippen LogP contribution >= 0.6 is 0 Å². The maximum atomic E-state index is 12.6. The van der Waals surface area contributed by atoms with E-state index in [4.69, 9.17) is 5.73 Å². The Kier molecular flexibility index (Phi) is 5.23. The molecule has 2 heterocycles. The number of benzene rings is 1. The summed E-state index contributed by atoms with van der Waals surface area (Å²) in [7, 11) is 0. The van der Waals surface area contributed by atoms with E-state index in [1.807, 2.05) is 17.0 Å². The number of aromatic nitrogens is 2. The lowest BCUT2D eigenvalue weighted by Gasteiger charge is -2.35. The fourth-order valence-corrected chi connectivity index (χ4v) is 3.49. The molecule has 1 aromatic heterocycles. The van der Waals surface area contributed by atoms with Gasteiger partial charge in [0, 0.05) is 44.5 Å². The Labute approximate surface area is 161 Å². The molecule has 0 bridgehead atoms. The van der Waals surface area contributed by atoms with Crippen LogP contribution in [0.1, 0.15) is 17.9 Å². The Morgan fingerprint density at radius 3 is 2.54 bits per heavy atom. The molecule has 2 aliphatic rings. The quantitative estimate of drug-likeness (QED) is 0.624. The molecule has 4 rings (SSSR count). The Morgan fingerprint density at radius 2 is 1.82 bits per heavy atom. The molecular weight excluding hydrogens is 366 g/mol. The lowest BCUT2D eigenvalue weighted by Crippen LogP contribution is -2.51. The van der Waals surface area contributed by atoms with Crippen molar-refractivity contribution in [2.45, 2.75) is 25.0 Å². The van der Waals surface area contributed by atoms with Gasteiger partial charge in [0.1, 0.15) is 5.75 Å². The number of alkyl halides is 2. The van der Waals surface area contributed by atoms with Gasteiger partial charge in [-0.05, 0) is 24.1 Å². The topological polar surface area (TPSA) is 79.9 Å². The minimum Gasteiger partial charge on any atom is -0.435 e. The summed E-state index contributed by atoms with van der Waals surface area (Å²) in [6.45, 7) is 0.155. The molecule has 2 N–H and O–H groups in total. The highest BCUT2D eigenvalue weighted by atomic mass is 19.3.